The van der Waals surface area contributed by atoms with Crippen LogP contribution in [0.15, 0.2) is 18.2 Å². The Kier molecular flexibility index (Phi) is 4.19. The number of ether oxygens (including phenoxy) is 2. The molecule has 2 aliphatic carbocycles. The van der Waals surface area contributed by atoms with Crippen LogP contribution < -0.4 is 20.1 Å². The molecule has 2 bridgehead atoms. The first-order chi connectivity index (χ1) is 10.2. The van der Waals surface area contributed by atoms with Crippen LogP contribution in [0.5, 0.6) is 11.5 Å². The zero-order valence-electron chi connectivity index (χ0n) is 12.5. The molecule has 3 rings (SSSR count). The second kappa shape index (κ2) is 6.10. The molecule has 3 atom stereocenters. The molecule has 2 saturated carbocycles. The number of rotatable bonds is 4. The highest BCUT2D eigenvalue weighted by Crippen LogP contribution is 2.44. The van der Waals surface area contributed by atoms with Crippen LogP contribution in [0.4, 0.5) is 5.69 Å². The van der Waals surface area contributed by atoms with Crippen molar-refractivity contribution < 1.29 is 9.47 Å². The van der Waals surface area contributed by atoms with E-state index >= 15 is 0 Å². The number of hydrogen-bond donors (Lipinski definition) is 2. The lowest BCUT2D eigenvalue weighted by Gasteiger charge is -2.25. The van der Waals surface area contributed by atoms with Gasteiger partial charge in [-0.2, -0.15) is 0 Å². The van der Waals surface area contributed by atoms with Gasteiger partial charge >= 0.3 is 0 Å². The first kappa shape index (κ1) is 14.4. The van der Waals surface area contributed by atoms with Crippen molar-refractivity contribution >= 4 is 23.0 Å². The van der Waals surface area contributed by atoms with Crippen molar-refractivity contribution in [2.75, 3.05) is 19.5 Å². The Balaban J connectivity index is 1.64. The van der Waals surface area contributed by atoms with Gasteiger partial charge in [0.05, 0.1) is 19.9 Å². The van der Waals surface area contributed by atoms with Crippen molar-refractivity contribution in [3.63, 3.8) is 0 Å². The fourth-order valence-corrected chi connectivity index (χ4v) is 3.92. The normalized spacial score (nSPS) is 26.5. The molecule has 0 unspecified atom stereocenters. The zero-order valence-corrected chi connectivity index (χ0v) is 13.3. The molecular formula is C16H22N2O2S. The molecule has 0 heterocycles. The summed E-state index contributed by atoms with van der Waals surface area (Å²) in [5.41, 5.74) is 0.831. The summed E-state index contributed by atoms with van der Waals surface area (Å²) in [6.45, 7) is 0. The Bertz CT molecular complexity index is 535. The molecule has 4 nitrogen and oxygen atoms in total. The van der Waals surface area contributed by atoms with Gasteiger partial charge in [-0.3, -0.25) is 0 Å². The summed E-state index contributed by atoms with van der Waals surface area (Å²) < 4.78 is 10.6. The maximum Gasteiger partial charge on any atom is 0.171 e. The molecule has 114 valence electrons. The van der Waals surface area contributed by atoms with Crippen molar-refractivity contribution in [1.82, 2.24) is 5.32 Å². The topological polar surface area (TPSA) is 42.5 Å². The van der Waals surface area contributed by atoms with Crippen LogP contribution in [0.25, 0.3) is 0 Å². The molecule has 0 aromatic heterocycles. The first-order valence-corrected chi connectivity index (χ1v) is 7.90. The summed E-state index contributed by atoms with van der Waals surface area (Å²) in [6, 6.07) is 6.17. The Morgan fingerprint density at radius 1 is 1.19 bits per heavy atom. The van der Waals surface area contributed by atoms with Gasteiger partial charge in [0, 0.05) is 12.1 Å². The second-order valence-electron chi connectivity index (χ2n) is 5.95. The van der Waals surface area contributed by atoms with Gasteiger partial charge in [0.2, 0.25) is 0 Å². The Morgan fingerprint density at radius 3 is 2.67 bits per heavy atom. The fraction of sp³-hybridized carbons (Fsp3) is 0.562. The molecule has 5 heteroatoms. The van der Waals surface area contributed by atoms with E-state index in [1.54, 1.807) is 14.2 Å². The van der Waals surface area contributed by atoms with Crippen molar-refractivity contribution in [3.8, 4) is 11.5 Å². The quantitative estimate of drug-likeness (QED) is 0.836. The van der Waals surface area contributed by atoms with E-state index in [-0.39, 0.29) is 0 Å². The predicted molar refractivity (Wildman–Crippen MR) is 88.1 cm³/mol. The smallest absolute Gasteiger partial charge is 0.171 e. The minimum absolute atomic E-state index is 0.528. The van der Waals surface area contributed by atoms with Gasteiger partial charge in [-0.1, -0.05) is 6.42 Å². The molecule has 2 aliphatic rings. The monoisotopic (exact) mass is 306 g/mol. The third kappa shape index (κ3) is 3.07. The number of nitrogens with one attached hydrogen (secondary N) is 2. The van der Waals surface area contributed by atoms with Crippen molar-refractivity contribution in [1.29, 1.82) is 0 Å². The maximum absolute atomic E-state index is 5.46. The van der Waals surface area contributed by atoms with Crippen molar-refractivity contribution in [3.05, 3.63) is 18.2 Å². The minimum atomic E-state index is 0.528. The summed E-state index contributed by atoms with van der Waals surface area (Å²) in [5.74, 6) is 3.23. The van der Waals surface area contributed by atoms with Gasteiger partial charge in [-0.25, -0.2) is 0 Å². The zero-order chi connectivity index (χ0) is 14.8. The highest BCUT2D eigenvalue weighted by molar-refractivity contribution is 7.80. The van der Waals surface area contributed by atoms with Crippen LogP contribution in [-0.2, 0) is 0 Å². The number of methoxy groups -OCH3 is 2. The molecular weight excluding hydrogens is 284 g/mol. The van der Waals surface area contributed by atoms with Crippen LogP contribution in [0.3, 0.4) is 0 Å². The molecule has 0 amide bonds. The van der Waals surface area contributed by atoms with Gasteiger partial charge in [-0.15, -0.1) is 0 Å². The van der Waals surface area contributed by atoms with Crippen LogP contribution in [0.2, 0.25) is 0 Å². The number of thiocarbonyl (C=S) groups is 1. The average molecular weight is 306 g/mol. The van der Waals surface area contributed by atoms with E-state index in [4.69, 9.17) is 21.7 Å². The summed E-state index contributed by atoms with van der Waals surface area (Å²) in [5, 5.41) is 7.38. The van der Waals surface area contributed by atoms with Crippen molar-refractivity contribution in [2.24, 2.45) is 11.8 Å². The molecule has 0 spiro atoms. The van der Waals surface area contributed by atoms with Crippen LogP contribution in [0, 0.1) is 11.8 Å². The van der Waals surface area contributed by atoms with Crippen LogP contribution in [-0.4, -0.2) is 25.4 Å². The Morgan fingerprint density at radius 2 is 2.05 bits per heavy atom. The first-order valence-electron chi connectivity index (χ1n) is 7.49. The molecule has 0 aliphatic heterocycles. The second-order valence-corrected chi connectivity index (χ2v) is 6.35. The third-order valence-electron chi connectivity index (χ3n) is 4.71. The summed E-state index contributed by atoms with van der Waals surface area (Å²) in [6.07, 6.45) is 5.35. The Labute approximate surface area is 131 Å². The maximum atomic E-state index is 5.46. The molecule has 1 aromatic rings. The Hall–Kier alpha value is -1.49. The summed E-state index contributed by atoms with van der Waals surface area (Å²) in [4.78, 5) is 0. The number of anilines is 1. The van der Waals surface area contributed by atoms with Gasteiger partial charge in [-0.05, 0) is 55.4 Å². The minimum Gasteiger partial charge on any atom is -0.497 e. The molecule has 0 saturated heterocycles. The number of hydrogen-bond acceptors (Lipinski definition) is 3. The third-order valence-corrected chi connectivity index (χ3v) is 4.93. The van der Waals surface area contributed by atoms with Gasteiger partial charge in [0.25, 0.3) is 0 Å². The van der Waals surface area contributed by atoms with E-state index in [2.05, 4.69) is 10.6 Å². The number of fused-ring (bicyclic) bond motifs is 2. The predicted octanol–water partition coefficient (Wildman–Crippen LogP) is 3.18. The van der Waals surface area contributed by atoms with Gasteiger partial charge < -0.3 is 20.1 Å². The van der Waals surface area contributed by atoms with Crippen molar-refractivity contribution in [2.45, 2.75) is 31.7 Å². The standard InChI is InChI=1S/C16H22N2O2S/c1-19-12-5-6-15(20-2)14(9-12)18-16(21)17-13-8-10-3-4-11(13)7-10/h5-6,9-11,13H,3-4,7-8H2,1-2H3,(H2,17,18,21)/t10-,11-,13+/m1/s1. The largest absolute Gasteiger partial charge is 0.497 e. The van der Waals surface area contributed by atoms with Gasteiger partial charge in [0.1, 0.15) is 11.5 Å². The van der Waals surface area contributed by atoms with E-state index in [0.717, 1.165) is 29.0 Å². The molecule has 21 heavy (non-hydrogen) atoms. The molecule has 2 fully saturated rings. The van der Waals surface area contributed by atoms with E-state index in [1.165, 1.54) is 25.7 Å². The van der Waals surface area contributed by atoms with E-state index < -0.39 is 0 Å². The van der Waals surface area contributed by atoms with Crippen LogP contribution >= 0.6 is 12.2 Å². The highest BCUT2D eigenvalue weighted by Gasteiger charge is 2.39. The molecule has 0 radical (unpaired) electrons. The average Bonchev–Trinajstić information content (AvgIpc) is 3.09. The lowest BCUT2D eigenvalue weighted by atomic mass is 9.96. The van der Waals surface area contributed by atoms with Crippen LogP contribution in [0.1, 0.15) is 25.7 Å². The molecule has 2 N–H and O–H groups in total. The summed E-state index contributed by atoms with van der Waals surface area (Å²) >= 11 is 5.46. The van der Waals surface area contributed by atoms with E-state index in [0.29, 0.717) is 11.2 Å². The summed E-state index contributed by atoms with van der Waals surface area (Å²) in [7, 11) is 3.30. The van der Waals surface area contributed by atoms with E-state index in [9.17, 15) is 0 Å². The number of benzene rings is 1. The fourth-order valence-electron chi connectivity index (χ4n) is 3.66. The van der Waals surface area contributed by atoms with Gasteiger partial charge in [0.15, 0.2) is 5.11 Å². The lowest BCUT2D eigenvalue weighted by molar-refractivity contribution is 0.391. The SMILES string of the molecule is COc1ccc(OC)c(NC(=S)N[C@H]2C[C@@H]3CC[C@@H]2C3)c1. The highest BCUT2D eigenvalue weighted by atomic mass is 32.1. The molecule has 1 aromatic carbocycles. The lowest BCUT2D eigenvalue weighted by Crippen LogP contribution is -2.40. The van der Waals surface area contributed by atoms with E-state index in [1.807, 2.05) is 18.2 Å².